The number of hydrogen-bond acceptors (Lipinski definition) is 3. The van der Waals surface area contributed by atoms with Crippen LogP contribution in [0.5, 0.6) is 0 Å². The summed E-state index contributed by atoms with van der Waals surface area (Å²) in [5, 5.41) is 10.3. The van der Waals surface area contributed by atoms with Gasteiger partial charge in [0.1, 0.15) is 18.5 Å². The van der Waals surface area contributed by atoms with Crippen LogP contribution in [0.2, 0.25) is 0 Å². The molecule has 1 heterocycles. The number of nitrogens with zero attached hydrogens (tertiary/aromatic N) is 3. The fourth-order valence-electron chi connectivity index (χ4n) is 1.95. The summed E-state index contributed by atoms with van der Waals surface area (Å²) in [6, 6.07) is 11.3. The van der Waals surface area contributed by atoms with Gasteiger partial charge in [0.2, 0.25) is 0 Å². The number of amides is 1. The van der Waals surface area contributed by atoms with E-state index in [1.165, 1.54) is 18.2 Å². The van der Waals surface area contributed by atoms with Gasteiger partial charge in [-0.15, -0.1) is 10.2 Å². The molecule has 0 aliphatic carbocycles. The third-order valence-corrected chi connectivity index (χ3v) is 3.89. The van der Waals surface area contributed by atoms with E-state index in [-0.39, 0.29) is 11.7 Å². The van der Waals surface area contributed by atoms with Crippen LogP contribution in [0.3, 0.4) is 0 Å². The molecule has 22 heavy (non-hydrogen) atoms. The average Bonchev–Trinajstić information content (AvgIpc) is 3.01. The number of aromatic nitrogens is 3. The Morgan fingerprint density at radius 3 is 2.64 bits per heavy atom. The van der Waals surface area contributed by atoms with Crippen molar-refractivity contribution in [3.05, 3.63) is 70.1 Å². The molecule has 0 bridgehead atoms. The summed E-state index contributed by atoms with van der Waals surface area (Å²) in [4.78, 5) is 12.3. The predicted octanol–water partition coefficient (Wildman–Crippen LogP) is 3.26. The van der Waals surface area contributed by atoms with Crippen molar-refractivity contribution in [2.75, 3.05) is 5.32 Å². The molecule has 1 N–H and O–H groups in total. The summed E-state index contributed by atoms with van der Waals surface area (Å²) in [7, 11) is 0. The molecular weight excluding hydrogens is 398 g/mol. The Labute approximate surface area is 139 Å². The first-order valence-electron chi connectivity index (χ1n) is 6.35. The molecule has 5 nitrogen and oxygen atoms in total. The summed E-state index contributed by atoms with van der Waals surface area (Å²) in [5.74, 6) is -0.652. The molecule has 7 heteroatoms. The standard InChI is InChI=1S/C15H10FIN4O/c16-10-4-5-13(14(17)6-10)15(22)20-11-2-1-3-12(7-11)21-8-18-19-9-21/h1-9H,(H,20,22). The van der Waals surface area contributed by atoms with Crippen molar-refractivity contribution in [1.29, 1.82) is 0 Å². The summed E-state index contributed by atoms with van der Waals surface area (Å²) in [6.45, 7) is 0. The number of halogens is 2. The van der Waals surface area contributed by atoms with Crippen LogP contribution in [0.15, 0.2) is 55.1 Å². The van der Waals surface area contributed by atoms with Crippen LogP contribution in [0.4, 0.5) is 10.1 Å². The van der Waals surface area contributed by atoms with E-state index in [2.05, 4.69) is 15.5 Å². The molecule has 0 fully saturated rings. The molecule has 0 unspecified atom stereocenters. The summed E-state index contributed by atoms with van der Waals surface area (Å²) < 4.78 is 15.4. The lowest BCUT2D eigenvalue weighted by Gasteiger charge is -2.09. The Morgan fingerprint density at radius 1 is 1.14 bits per heavy atom. The minimum absolute atomic E-state index is 0.287. The molecule has 0 atom stereocenters. The van der Waals surface area contributed by atoms with Gasteiger partial charge in [0.05, 0.1) is 11.3 Å². The molecule has 0 radical (unpaired) electrons. The first-order valence-corrected chi connectivity index (χ1v) is 7.43. The maximum absolute atomic E-state index is 13.1. The molecule has 110 valence electrons. The Morgan fingerprint density at radius 2 is 1.91 bits per heavy atom. The van der Waals surface area contributed by atoms with Crippen molar-refractivity contribution in [2.45, 2.75) is 0 Å². The van der Waals surface area contributed by atoms with E-state index < -0.39 is 0 Å². The SMILES string of the molecule is O=C(Nc1cccc(-n2cnnc2)c1)c1ccc(F)cc1I. The lowest BCUT2D eigenvalue weighted by Crippen LogP contribution is -2.13. The van der Waals surface area contributed by atoms with Crippen molar-refractivity contribution >= 4 is 34.2 Å². The second-order valence-electron chi connectivity index (χ2n) is 4.50. The summed E-state index contributed by atoms with van der Waals surface area (Å²) >= 11 is 1.94. The number of nitrogens with one attached hydrogen (secondary N) is 1. The maximum Gasteiger partial charge on any atom is 0.256 e. The van der Waals surface area contributed by atoms with Gasteiger partial charge in [-0.25, -0.2) is 4.39 Å². The minimum atomic E-state index is -0.365. The highest BCUT2D eigenvalue weighted by Crippen LogP contribution is 2.18. The molecule has 3 rings (SSSR count). The Kier molecular flexibility index (Phi) is 4.14. The van der Waals surface area contributed by atoms with E-state index in [1.807, 2.05) is 34.7 Å². The Hall–Kier alpha value is -2.29. The van der Waals surface area contributed by atoms with Crippen molar-refractivity contribution < 1.29 is 9.18 Å². The zero-order valence-electron chi connectivity index (χ0n) is 11.2. The Bertz CT molecular complexity index is 820. The summed E-state index contributed by atoms with van der Waals surface area (Å²) in [6.07, 6.45) is 3.15. The fraction of sp³-hybridized carbons (Fsp3) is 0. The number of benzene rings is 2. The highest BCUT2D eigenvalue weighted by Gasteiger charge is 2.11. The largest absolute Gasteiger partial charge is 0.322 e. The number of carbonyl (C=O) groups excluding carboxylic acids is 1. The monoisotopic (exact) mass is 408 g/mol. The first-order chi connectivity index (χ1) is 10.6. The van der Waals surface area contributed by atoms with E-state index in [4.69, 9.17) is 0 Å². The van der Waals surface area contributed by atoms with Gasteiger partial charge in [0.25, 0.3) is 5.91 Å². The van der Waals surface area contributed by atoms with E-state index >= 15 is 0 Å². The third-order valence-electron chi connectivity index (χ3n) is 3.00. The quantitative estimate of drug-likeness (QED) is 0.677. The van der Waals surface area contributed by atoms with Crippen LogP contribution in [0, 0.1) is 9.39 Å². The zero-order valence-corrected chi connectivity index (χ0v) is 13.4. The van der Waals surface area contributed by atoms with Crippen molar-refractivity contribution in [3.8, 4) is 5.69 Å². The summed E-state index contributed by atoms with van der Waals surface area (Å²) in [5.41, 5.74) is 1.89. The topological polar surface area (TPSA) is 59.8 Å². The van der Waals surface area contributed by atoms with Gasteiger partial charge in [-0.3, -0.25) is 9.36 Å². The number of hydrogen-bond donors (Lipinski definition) is 1. The van der Waals surface area contributed by atoms with Crippen LogP contribution < -0.4 is 5.32 Å². The molecule has 2 aromatic carbocycles. The number of carbonyl (C=O) groups is 1. The normalized spacial score (nSPS) is 10.5. The van der Waals surface area contributed by atoms with E-state index in [9.17, 15) is 9.18 Å². The smallest absolute Gasteiger partial charge is 0.256 e. The molecule has 0 saturated carbocycles. The van der Waals surface area contributed by atoms with Gasteiger partial charge < -0.3 is 5.32 Å². The number of anilines is 1. The van der Waals surface area contributed by atoms with Crippen molar-refractivity contribution in [2.24, 2.45) is 0 Å². The van der Waals surface area contributed by atoms with Gasteiger partial charge in [-0.2, -0.15) is 0 Å². The fourth-order valence-corrected chi connectivity index (χ4v) is 2.67. The van der Waals surface area contributed by atoms with Gasteiger partial charge >= 0.3 is 0 Å². The molecular formula is C15H10FIN4O. The van der Waals surface area contributed by atoms with Gasteiger partial charge in [-0.1, -0.05) is 6.07 Å². The average molecular weight is 408 g/mol. The molecule has 0 spiro atoms. The zero-order chi connectivity index (χ0) is 15.5. The van der Waals surface area contributed by atoms with Crippen LogP contribution in [0.25, 0.3) is 5.69 Å². The molecule has 0 aliphatic heterocycles. The third kappa shape index (κ3) is 3.14. The predicted molar refractivity (Wildman–Crippen MR) is 88.4 cm³/mol. The molecule has 1 amide bonds. The highest BCUT2D eigenvalue weighted by molar-refractivity contribution is 14.1. The van der Waals surface area contributed by atoms with Crippen LogP contribution in [-0.2, 0) is 0 Å². The lowest BCUT2D eigenvalue weighted by molar-refractivity contribution is 0.102. The van der Waals surface area contributed by atoms with Gasteiger partial charge in [0, 0.05) is 9.26 Å². The first kappa shape index (κ1) is 14.6. The number of rotatable bonds is 3. The van der Waals surface area contributed by atoms with Crippen LogP contribution in [0.1, 0.15) is 10.4 Å². The van der Waals surface area contributed by atoms with E-state index in [1.54, 1.807) is 29.4 Å². The second-order valence-corrected chi connectivity index (χ2v) is 5.66. The van der Waals surface area contributed by atoms with Crippen molar-refractivity contribution in [1.82, 2.24) is 14.8 Å². The van der Waals surface area contributed by atoms with Crippen LogP contribution >= 0.6 is 22.6 Å². The Balaban J connectivity index is 1.84. The molecule has 1 aromatic heterocycles. The lowest BCUT2D eigenvalue weighted by atomic mass is 10.2. The van der Waals surface area contributed by atoms with Gasteiger partial charge in [-0.05, 0) is 59.0 Å². The van der Waals surface area contributed by atoms with Crippen molar-refractivity contribution in [3.63, 3.8) is 0 Å². The minimum Gasteiger partial charge on any atom is -0.322 e. The van der Waals surface area contributed by atoms with Gasteiger partial charge in [0.15, 0.2) is 0 Å². The van der Waals surface area contributed by atoms with Crippen LogP contribution in [-0.4, -0.2) is 20.7 Å². The molecule has 0 saturated heterocycles. The molecule has 0 aliphatic rings. The van der Waals surface area contributed by atoms with E-state index in [0.717, 1.165) is 5.69 Å². The second kappa shape index (κ2) is 6.22. The highest BCUT2D eigenvalue weighted by atomic mass is 127. The molecule has 3 aromatic rings. The maximum atomic E-state index is 13.1. The van der Waals surface area contributed by atoms with E-state index in [0.29, 0.717) is 14.8 Å².